The molecule has 0 amide bonds. The summed E-state index contributed by atoms with van der Waals surface area (Å²) in [6, 6.07) is 0. The van der Waals surface area contributed by atoms with Gasteiger partial charge in [-0.2, -0.15) is 0 Å². The van der Waals surface area contributed by atoms with Crippen LogP contribution in [0, 0.1) is 0 Å². The number of carbonyl (C=O) groups is 2. The van der Waals surface area contributed by atoms with E-state index in [0.717, 1.165) is 19.3 Å². The molecule has 1 unspecified atom stereocenters. The van der Waals surface area contributed by atoms with Crippen LogP contribution in [0.2, 0.25) is 0 Å². The molecule has 0 N–H and O–H groups in total. The first-order chi connectivity index (χ1) is 6.60. The van der Waals surface area contributed by atoms with Crippen molar-refractivity contribution >= 4 is 11.8 Å². The van der Waals surface area contributed by atoms with E-state index in [0.29, 0.717) is 19.3 Å². The first-order valence-electron chi connectivity index (χ1n) is 5.33. The zero-order valence-electron chi connectivity index (χ0n) is 8.97. The second-order valence-electron chi connectivity index (χ2n) is 3.97. The van der Waals surface area contributed by atoms with Crippen LogP contribution < -0.4 is 0 Å². The van der Waals surface area contributed by atoms with Crippen LogP contribution in [0.1, 0.15) is 52.4 Å². The fourth-order valence-electron chi connectivity index (χ4n) is 2.06. The van der Waals surface area contributed by atoms with Gasteiger partial charge in [0.05, 0.1) is 0 Å². The quantitative estimate of drug-likeness (QED) is 0.650. The second-order valence-corrected chi connectivity index (χ2v) is 3.97. The monoisotopic (exact) mass is 198 g/mol. The number of Topliss-reactive ketones (excluding diaryl/α,β-unsaturated/α-hetero) is 1. The highest BCUT2D eigenvalue weighted by molar-refractivity contribution is 5.91. The van der Waals surface area contributed by atoms with Crippen molar-refractivity contribution in [2.24, 2.45) is 0 Å². The van der Waals surface area contributed by atoms with Crippen molar-refractivity contribution in [3.8, 4) is 0 Å². The summed E-state index contributed by atoms with van der Waals surface area (Å²) in [6.07, 6.45) is 4.80. The van der Waals surface area contributed by atoms with E-state index >= 15 is 0 Å². The highest BCUT2D eigenvalue weighted by Gasteiger charge is 2.44. The molecule has 1 rings (SSSR count). The van der Waals surface area contributed by atoms with Crippen LogP contribution in [0.15, 0.2) is 0 Å². The molecule has 0 bridgehead atoms. The summed E-state index contributed by atoms with van der Waals surface area (Å²) in [5, 5.41) is 0. The molecule has 1 atom stereocenters. The van der Waals surface area contributed by atoms with Gasteiger partial charge in [-0.15, -0.1) is 0 Å². The number of ether oxygens (including phenoxy) is 1. The van der Waals surface area contributed by atoms with Gasteiger partial charge in [-0.3, -0.25) is 9.59 Å². The number of hydrogen-bond acceptors (Lipinski definition) is 3. The number of carbonyl (C=O) groups excluding carboxylic acids is 2. The lowest BCUT2D eigenvalue weighted by Gasteiger charge is -2.26. The highest BCUT2D eigenvalue weighted by Crippen LogP contribution is 2.34. The topological polar surface area (TPSA) is 43.4 Å². The Balaban J connectivity index is 2.67. The molecular weight excluding hydrogens is 180 g/mol. The molecule has 80 valence electrons. The maximum atomic E-state index is 11.7. The van der Waals surface area contributed by atoms with E-state index in [1.807, 2.05) is 0 Å². The lowest BCUT2D eigenvalue weighted by molar-refractivity contribution is -0.164. The molecule has 1 saturated carbocycles. The first-order valence-corrected chi connectivity index (χ1v) is 5.33. The highest BCUT2D eigenvalue weighted by atomic mass is 16.6. The van der Waals surface area contributed by atoms with Gasteiger partial charge in [0.25, 0.3) is 0 Å². The summed E-state index contributed by atoms with van der Waals surface area (Å²) < 4.78 is 5.22. The summed E-state index contributed by atoms with van der Waals surface area (Å²) in [5.74, 6) is -0.225. The van der Waals surface area contributed by atoms with Gasteiger partial charge in [-0.25, -0.2) is 0 Å². The van der Waals surface area contributed by atoms with Gasteiger partial charge in [0.1, 0.15) is 0 Å². The van der Waals surface area contributed by atoms with Crippen LogP contribution in [-0.2, 0) is 14.3 Å². The molecular formula is C11H18O3. The minimum Gasteiger partial charge on any atom is -0.451 e. The van der Waals surface area contributed by atoms with Gasteiger partial charge in [-0.1, -0.05) is 13.3 Å². The smallest absolute Gasteiger partial charge is 0.303 e. The van der Waals surface area contributed by atoms with Gasteiger partial charge in [-0.05, 0) is 25.7 Å². The van der Waals surface area contributed by atoms with Crippen molar-refractivity contribution in [1.82, 2.24) is 0 Å². The molecule has 1 fully saturated rings. The normalized spacial score (nSPS) is 26.6. The Labute approximate surface area is 84.8 Å². The van der Waals surface area contributed by atoms with E-state index in [9.17, 15) is 9.59 Å². The molecule has 3 nitrogen and oxygen atoms in total. The van der Waals surface area contributed by atoms with Crippen LogP contribution >= 0.6 is 0 Å². The van der Waals surface area contributed by atoms with Gasteiger partial charge < -0.3 is 4.74 Å². The van der Waals surface area contributed by atoms with E-state index in [1.165, 1.54) is 6.92 Å². The minimum atomic E-state index is -0.762. The number of ketones is 1. The summed E-state index contributed by atoms with van der Waals surface area (Å²) in [7, 11) is 0. The Morgan fingerprint density at radius 2 is 2.29 bits per heavy atom. The largest absolute Gasteiger partial charge is 0.451 e. The van der Waals surface area contributed by atoms with Crippen molar-refractivity contribution in [3.05, 3.63) is 0 Å². The van der Waals surface area contributed by atoms with Gasteiger partial charge in [0.15, 0.2) is 11.4 Å². The van der Waals surface area contributed by atoms with Crippen LogP contribution in [0.3, 0.4) is 0 Å². The SMILES string of the molecule is CCCCC1(OC(C)=O)CCCC1=O. The molecule has 0 heterocycles. The Hall–Kier alpha value is -0.860. The number of rotatable bonds is 4. The van der Waals surface area contributed by atoms with Crippen molar-refractivity contribution in [3.63, 3.8) is 0 Å². The molecule has 0 aliphatic heterocycles. The molecule has 0 aromatic rings. The summed E-state index contributed by atoms with van der Waals surface area (Å²) >= 11 is 0. The molecule has 14 heavy (non-hydrogen) atoms. The van der Waals surface area contributed by atoms with E-state index in [1.54, 1.807) is 0 Å². The average molecular weight is 198 g/mol. The van der Waals surface area contributed by atoms with E-state index in [4.69, 9.17) is 4.74 Å². The number of hydrogen-bond donors (Lipinski definition) is 0. The third-order valence-electron chi connectivity index (χ3n) is 2.77. The molecule has 0 saturated heterocycles. The first kappa shape index (κ1) is 11.2. The Morgan fingerprint density at radius 1 is 1.57 bits per heavy atom. The van der Waals surface area contributed by atoms with Crippen molar-refractivity contribution in [2.45, 2.75) is 58.0 Å². The Bertz CT molecular complexity index is 235. The standard InChI is InChI=1S/C11H18O3/c1-3-4-7-11(14-9(2)12)8-5-6-10(11)13/h3-8H2,1-2H3. The molecule has 1 aliphatic carbocycles. The van der Waals surface area contributed by atoms with E-state index < -0.39 is 5.60 Å². The van der Waals surface area contributed by atoms with Gasteiger partial charge in [0.2, 0.25) is 0 Å². The third kappa shape index (κ3) is 2.34. The number of esters is 1. The second kappa shape index (κ2) is 4.58. The van der Waals surface area contributed by atoms with Gasteiger partial charge in [0, 0.05) is 13.3 Å². The van der Waals surface area contributed by atoms with Crippen LogP contribution in [0.25, 0.3) is 0 Å². The third-order valence-corrected chi connectivity index (χ3v) is 2.77. The Morgan fingerprint density at radius 3 is 2.71 bits per heavy atom. The maximum Gasteiger partial charge on any atom is 0.303 e. The zero-order valence-corrected chi connectivity index (χ0v) is 8.97. The van der Waals surface area contributed by atoms with Crippen LogP contribution in [-0.4, -0.2) is 17.4 Å². The van der Waals surface area contributed by atoms with E-state index in [2.05, 4.69) is 6.92 Å². The molecule has 0 spiro atoms. The molecule has 0 aromatic heterocycles. The summed E-state index contributed by atoms with van der Waals surface area (Å²) in [5.41, 5.74) is -0.762. The van der Waals surface area contributed by atoms with Crippen molar-refractivity contribution in [1.29, 1.82) is 0 Å². The van der Waals surface area contributed by atoms with Crippen molar-refractivity contribution in [2.75, 3.05) is 0 Å². The molecule has 0 aromatic carbocycles. The lowest BCUT2D eigenvalue weighted by atomic mass is 9.94. The fraction of sp³-hybridized carbons (Fsp3) is 0.818. The minimum absolute atomic E-state index is 0.112. The lowest BCUT2D eigenvalue weighted by Crippen LogP contribution is -2.38. The fourth-order valence-corrected chi connectivity index (χ4v) is 2.06. The summed E-state index contributed by atoms with van der Waals surface area (Å²) in [6.45, 7) is 3.44. The maximum absolute atomic E-state index is 11.7. The average Bonchev–Trinajstić information content (AvgIpc) is 2.44. The van der Waals surface area contributed by atoms with Gasteiger partial charge >= 0.3 is 5.97 Å². The predicted octanol–water partition coefficient (Wildman–Crippen LogP) is 2.23. The van der Waals surface area contributed by atoms with Crippen LogP contribution in [0.4, 0.5) is 0 Å². The Kier molecular flexibility index (Phi) is 3.67. The molecule has 3 heteroatoms. The number of unbranched alkanes of at least 4 members (excludes halogenated alkanes) is 1. The van der Waals surface area contributed by atoms with Crippen LogP contribution in [0.5, 0.6) is 0 Å². The predicted molar refractivity (Wildman–Crippen MR) is 52.9 cm³/mol. The van der Waals surface area contributed by atoms with Crippen molar-refractivity contribution < 1.29 is 14.3 Å². The van der Waals surface area contributed by atoms with E-state index in [-0.39, 0.29) is 11.8 Å². The zero-order chi connectivity index (χ0) is 10.6. The summed E-state index contributed by atoms with van der Waals surface area (Å²) in [4.78, 5) is 22.6. The molecule has 0 radical (unpaired) electrons. The molecule has 1 aliphatic rings.